The summed E-state index contributed by atoms with van der Waals surface area (Å²) in [5.41, 5.74) is 0.889. The molecule has 2 heterocycles. The Balaban J connectivity index is 1.82. The van der Waals surface area contributed by atoms with Gasteiger partial charge < -0.3 is 24.2 Å². The highest BCUT2D eigenvalue weighted by Crippen LogP contribution is 2.35. The van der Waals surface area contributed by atoms with E-state index in [0.29, 0.717) is 28.2 Å². The lowest BCUT2D eigenvalue weighted by molar-refractivity contribution is -0.127. The SMILES string of the molecule is CNC(=O)[C@H](C)NC(=O)Cc1c(-c2ccc3cc(OC)ccc3c2)oc2cc(C)oc(=O)c12. The molecule has 4 aromatic rings. The molecule has 2 aromatic carbocycles. The van der Waals surface area contributed by atoms with E-state index in [9.17, 15) is 14.4 Å². The number of carbonyl (C=O) groups is 2. The number of methoxy groups -OCH3 is 1. The molecular formula is C25H24N2O6. The Morgan fingerprint density at radius 2 is 1.79 bits per heavy atom. The van der Waals surface area contributed by atoms with Crippen molar-refractivity contribution in [2.24, 2.45) is 0 Å². The minimum absolute atomic E-state index is 0.155. The normalized spacial score (nSPS) is 12.0. The van der Waals surface area contributed by atoms with Crippen molar-refractivity contribution in [3.63, 3.8) is 0 Å². The van der Waals surface area contributed by atoms with Crippen molar-refractivity contribution in [1.82, 2.24) is 10.6 Å². The van der Waals surface area contributed by atoms with E-state index >= 15 is 0 Å². The van der Waals surface area contributed by atoms with Crippen LogP contribution in [0.2, 0.25) is 0 Å². The molecule has 0 spiro atoms. The fraction of sp³-hybridized carbons (Fsp3) is 0.240. The number of benzene rings is 2. The van der Waals surface area contributed by atoms with Gasteiger partial charge in [0.05, 0.1) is 13.5 Å². The Hall–Kier alpha value is -4.07. The van der Waals surface area contributed by atoms with Gasteiger partial charge in [-0.3, -0.25) is 9.59 Å². The Morgan fingerprint density at radius 3 is 2.52 bits per heavy atom. The van der Waals surface area contributed by atoms with E-state index < -0.39 is 17.6 Å². The summed E-state index contributed by atoms with van der Waals surface area (Å²) in [6, 6.07) is 12.3. The maximum Gasteiger partial charge on any atom is 0.347 e. The van der Waals surface area contributed by atoms with Crippen LogP contribution in [0.4, 0.5) is 0 Å². The number of furan rings is 1. The molecule has 8 nitrogen and oxygen atoms in total. The van der Waals surface area contributed by atoms with Crippen LogP contribution in [0.5, 0.6) is 5.75 Å². The van der Waals surface area contributed by atoms with Crippen molar-refractivity contribution in [3.8, 4) is 17.1 Å². The molecule has 0 saturated carbocycles. The van der Waals surface area contributed by atoms with Gasteiger partial charge in [0.15, 0.2) is 0 Å². The Labute approximate surface area is 189 Å². The van der Waals surface area contributed by atoms with Crippen LogP contribution in [0, 0.1) is 6.92 Å². The largest absolute Gasteiger partial charge is 0.497 e. The number of amides is 2. The van der Waals surface area contributed by atoms with Crippen molar-refractivity contribution in [2.75, 3.05) is 14.2 Å². The molecule has 2 aromatic heterocycles. The van der Waals surface area contributed by atoms with Gasteiger partial charge in [0, 0.05) is 24.2 Å². The molecule has 0 radical (unpaired) electrons. The molecule has 0 aliphatic heterocycles. The monoisotopic (exact) mass is 448 g/mol. The van der Waals surface area contributed by atoms with Gasteiger partial charge in [-0.15, -0.1) is 0 Å². The highest BCUT2D eigenvalue weighted by Gasteiger charge is 2.24. The lowest BCUT2D eigenvalue weighted by Crippen LogP contribution is -2.44. The van der Waals surface area contributed by atoms with Crippen LogP contribution in [0.15, 0.2) is 56.1 Å². The first-order chi connectivity index (χ1) is 15.8. The standard InChI is InChI=1S/C25H24N2O6/c1-13-9-20-22(25(30)32-13)19(12-21(28)27-14(2)24(29)26-3)23(33-20)17-6-5-16-11-18(31-4)8-7-15(16)10-17/h5-11,14H,12H2,1-4H3,(H,26,29)(H,27,28)/t14-/m0/s1. The Kier molecular flexibility index (Phi) is 5.91. The van der Waals surface area contributed by atoms with Crippen LogP contribution in [-0.4, -0.2) is 32.0 Å². The molecule has 0 fully saturated rings. The van der Waals surface area contributed by atoms with Crippen LogP contribution in [0.3, 0.4) is 0 Å². The van der Waals surface area contributed by atoms with E-state index in [4.69, 9.17) is 13.6 Å². The van der Waals surface area contributed by atoms with Crippen molar-refractivity contribution in [1.29, 1.82) is 0 Å². The first-order valence-electron chi connectivity index (χ1n) is 10.5. The molecule has 2 amide bonds. The van der Waals surface area contributed by atoms with Gasteiger partial charge in [-0.25, -0.2) is 4.79 Å². The first-order valence-corrected chi connectivity index (χ1v) is 10.5. The number of hydrogen-bond donors (Lipinski definition) is 2. The molecular weight excluding hydrogens is 424 g/mol. The molecule has 33 heavy (non-hydrogen) atoms. The molecule has 8 heteroatoms. The summed E-state index contributed by atoms with van der Waals surface area (Å²) in [5, 5.41) is 7.27. The molecule has 170 valence electrons. The van der Waals surface area contributed by atoms with Crippen molar-refractivity contribution < 1.29 is 23.2 Å². The van der Waals surface area contributed by atoms with Gasteiger partial charge in [0.25, 0.3) is 0 Å². The zero-order valence-corrected chi connectivity index (χ0v) is 18.8. The topological polar surface area (TPSA) is 111 Å². The van der Waals surface area contributed by atoms with Gasteiger partial charge in [0.2, 0.25) is 11.8 Å². The third-order valence-electron chi connectivity index (χ3n) is 5.49. The second-order valence-corrected chi connectivity index (χ2v) is 7.80. The smallest absolute Gasteiger partial charge is 0.347 e. The second-order valence-electron chi connectivity index (χ2n) is 7.80. The minimum atomic E-state index is -0.724. The van der Waals surface area contributed by atoms with Crippen LogP contribution in [0.1, 0.15) is 18.2 Å². The van der Waals surface area contributed by atoms with Gasteiger partial charge in [-0.2, -0.15) is 0 Å². The van der Waals surface area contributed by atoms with E-state index in [1.54, 1.807) is 27.0 Å². The molecule has 0 aliphatic carbocycles. The Bertz CT molecular complexity index is 1430. The summed E-state index contributed by atoms with van der Waals surface area (Å²) in [6.07, 6.45) is -0.155. The molecule has 0 saturated heterocycles. The van der Waals surface area contributed by atoms with E-state index in [1.165, 1.54) is 7.05 Å². The zero-order chi connectivity index (χ0) is 23.7. The lowest BCUT2D eigenvalue weighted by atomic mass is 10.00. The minimum Gasteiger partial charge on any atom is -0.497 e. The van der Waals surface area contributed by atoms with Gasteiger partial charge >= 0.3 is 5.63 Å². The number of ether oxygens (including phenoxy) is 1. The second kappa shape index (κ2) is 8.82. The highest BCUT2D eigenvalue weighted by molar-refractivity contribution is 5.96. The van der Waals surface area contributed by atoms with Gasteiger partial charge in [-0.05, 0) is 42.8 Å². The van der Waals surface area contributed by atoms with Crippen molar-refractivity contribution in [3.05, 3.63) is 64.2 Å². The molecule has 0 unspecified atom stereocenters. The number of carbonyl (C=O) groups excluding carboxylic acids is 2. The lowest BCUT2D eigenvalue weighted by Gasteiger charge is -2.12. The van der Waals surface area contributed by atoms with E-state index in [1.807, 2.05) is 36.4 Å². The predicted octanol–water partition coefficient (Wildman–Crippen LogP) is 3.32. The molecule has 4 rings (SSSR count). The maximum absolute atomic E-state index is 12.8. The van der Waals surface area contributed by atoms with Crippen LogP contribution >= 0.6 is 0 Å². The fourth-order valence-corrected chi connectivity index (χ4v) is 3.85. The third-order valence-corrected chi connectivity index (χ3v) is 5.49. The molecule has 1 atom stereocenters. The number of hydrogen-bond acceptors (Lipinski definition) is 6. The maximum atomic E-state index is 12.8. The molecule has 0 aliphatic rings. The first kappa shape index (κ1) is 22.1. The molecule has 2 N–H and O–H groups in total. The van der Waals surface area contributed by atoms with Gasteiger partial charge in [-0.1, -0.05) is 18.2 Å². The third kappa shape index (κ3) is 4.32. The number of aryl methyl sites for hydroxylation is 1. The summed E-state index contributed by atoms with van der Waals surface area (Å²) >= 11 is 0. The van der Waals surface area contributed by atoms with Crippen LogP contribution in [0.25, 0.3) is 33.1 Å². The van der Waals surface area contributed by atoms with Crippen molar-refractivity contribution in [2.45, 2.75) is 26.3 Å². The van der Waals surface area contributed by atoms with E-state index in [0.717, 1.165) is 16.5 Å². The average molecular weight is 448 g/mol. The fourth-order valence-electron chi connectivity index (χ4n) is 3.85. The molecule has 0 bridgehead atoms. The summed E-state index contributed by atoms with van der Waals surface area (Å²) in [6.45, 7) is 3.24. The number of likely N-dealkylation sites (N-methyl/N-ethyl adjacent to an activating group) is 1. The van der Waals surface area contributed by atoms with E-state index in [-0.39, 0.29) is 17.7 Å². The predicted molar refractivity (Wildman–Crippen MR) is 124 cm³/mol. The van der Waals surface area contributed by atoms with Crippen molar-refractivity contribution >= 4 is 33.6 Å². The van der Waals surface area contributed by atoms with E-state index in [2.05, 4.69) is 10.6 Å². The quantitative estimate of drug-likeness (QED) is 0.468. The van der Waals surface area contributed by atoms with Gasteiger partial charge in [0.1, 0.15) is 34.3 Å². The highest BCUT2D eigenvalue weighted by atomic mass is 16.5. The Morgan fingerprint density at radius 1 is 1.06 bits per heavy atom. The summed E-state index contributed by atoms with van der Waals surface area (Å²) in [5.74, 6) is 0.821. The van der Waals surface area contributed by atoms with Crippen LogP contribution < -0.4 is 21.0 Å². The number of fused-ring (bicyclic) bond motifs is 2. The average Bonchev–Trinajstić information content (AvgIpc) is 3.15. The van der Waals surface area contributed by atoms with Crippen LogP contribution in [-0.2, 0) is 16.0 Å². The number of nitrogens with one attached hydrogen (secondary N) is 2. The summed E-state index contributed by atoms with van der Waals surface area (Å²) < 4.78 is 16.6. The zero-order valence-electron chi connectivity index (χ0n) is 18.8. The summed E-state index contributed by atoms with van der Waals surface area (Å²) in [7, 11) is 3.11. The summed E-state index contributed by atoms with van der Waals surface area (Å²) in [4.78, 5) is 37.2. The number of rotatable bonds is 6.